The van der Waals surface area contributed by atoms with Crippen LogP contribution in [0.1, 0.15) is 45.7 Å². The van der Waals surface area contributed by atoms with Crippen molar-refractivity contribution in [2.24, 2.45) is 5.73 Å². The molecule has 0 aromatic heterocycles. The van der Waals surface area contributed by atoms with E-state index in [1.165, 1.54) is 6.07 Å². The zero-order chi connectivity index (χ0) is 15.3. The smallest absolute Gasteiger partial charge is 0.260 e. The molecule has 5 heteroatoms. The van der Waals surface area contributed by atoms with E-state index in [4.69, 9.17) is 10.5 Å². The van der Waals surface area contributed by atoms with Crippen LogP contribution in [-0.4, -0.2) is 18.1 Å². The standard InChI is InChI=1S/C15H23FN2O2/c1-5-9(2)18-15(19)11(4)20-12-6-7-13(10(3)17)14(16)8-12/h6-11H,5,17H2,1-4H3,(H,18,19). The van der Waals surface area contributed by atoms with Crippen LogP contribution >= 0.6 is 0 Å². The molecule has 20 heavy (non-hydrogen) atoms. The van der Waals surface area contributed by atoms with Crippen molar-refractivity contribution < 1.29 is 13.9 Å². The van der Waals surface area contributed by atoms with Gasteiger partial charge in [0.2, 0.25) is 0 Å². The normalized spacial score (nSPS) is 15.3. The topological polar surface area (TPSA) is 64.3 Å². The molecule has 0 aliphatic carbocycles. The molecule has 4 nitrogen and oxygen atoms in total. The summed E-state index contributed by atoms with van der Waals surface area (Å²) < 4.78 is 19.2. The molecule has 0 aliphatic rings. The summed E-state index contributed by atoms with van der Waals surface area (Å²) in [6, 6.07) is 4.16. The Morgan fingerprint density at radius 1 is 1.40 bits per heavy atom. The average molecular weight is 282 g/mol. The maximum atomic E-state index is 13.8. The first-order valence-electron chi connectivity index (χ1n) is 6.87. The lowest BCUT2D eigenvalue weighted by atomic mass is 10.1. The number of carbonyl (C=O) groups excluding carboxylic acids is 1. The minimum Gasteiger partial charge on any atom is -0.481 e. The van der Waals surface area contributed by atoms with Crippen molar-refractivity contribution in [3.63, 3.8) is 0 Å². The summed E-state index contributed by atoms with van der Waals surface area (Å²) in [5, 5.41) is 2.82. The molecule has 1 rings (SSSR count). The molecule has 3 atom stereocenters. The first kappa shape index (κ1) is 16.4. The van der Waals surface area contributed by atoms with Crippen molar-refractivity contribution in [2.75, 3.05) is 0 Å². The molecule has 0 bridgehead atoms. The van der Waals surface area contributed by atoms with Gasteiger partial charge >= 0.3 is 0 Å². The molecule has 3 N–H and O–H groups in total. The second-order valence-electron chi connectivity index (χ2n) is 5.05. The van der Waals surface area contributed by atoms with Crippen LogP contribution in [0.3, 0.4) is 0 Å². The Labute approximate surface area is 119 Å². The second kappa shape index (κ2) is 7.24. The summed E-state index contributed by atoms with van der Waals surface area (Å²) in [5.41, 5.74) is 6.06. The van der Waals surface area contributed by atoms with Gasteiger partial charge in [-0.3, -0.25) is 4.79 Å². The third-order valence-corrected chi connectivity index (χ3v) is 3.15. The van der Waals surface area contributed by atoms with E-state index in [0.717, 1.165) is 6.42 Å². The fourth-order valence-electron chi connectivity index (χ4n) is 1.67. The van der Waals surface area contributed by atoms with E-state index in [-0.39, 0.29) is 18.0 Å². The van der Waals surface area contributed by atoms with Crippen molar-refractivity contribution >= 4 is 5.91 Å². The molecule has 1 amide bonds. The lowest BCUT2D eigenvalue weighted by Gasteiger charge is -2.18. The highest BCUT2D eigenvalue weighted by Gasteiger charge is 2.17. The van der Waals surface area contributed by atoms with Crippen LogP contribution in [0.25, 0.3) is 0 Å². The van der Waals surface area contributed by atoms with Crippen LogP contribution in [0.4, 0.5) is 4.39 Å². The van der Waals surface area contributed by atoms with Crippen LogP contribution < -0.4 is 15.8 Å². The molecule has 0 aliphatic heterocycles. The predicted molar refractivity (Wildman–Crippen MR) is 77.0 cm³/mol. The number of halogens is 1. The maximum Gasteiger partial charge on any atom is 0.260 e. The van der Waals surface area contributed by atoms with Gasteiger partial charge < -0.3 is 15.8 Å². The Morgan fingerprint density at radius 2 is 2.05 bits per heavy atom. The van der Waals surface area contributed by atoms with Crippen molar-refractivity contribution in [1.29, 1.82) is 0 Å². The van der Waals surface area contributed by atoms with Crippen molar-refractivity contribution in [3.8, 4) is 5.75 Å². The molecule has 1 aromatic carbocycles. The first-order chi connectivity index (χ1) is 9.35. The average Bonchev–Trinajstić information content (AvgIpc) is 2.37. The van der Waals surface area contributed by atoms with Crippen LogP contribution in [0.15, 0.2) is 18.2 Å². The number of hydrogen-bond donors (Lipinski definition) is 2. The highest BCUT2D eigenvalue weighted by Crippen LogP contribution is 2.21. The number of ether oxygens (including phenoxy) is 1. The largest absolute Gasteiger partial charge is 0.481 e. The predicted octanol–water partition coefficient (Wildman–Crippen LogP) is 2.53. The van der Waals surface area contributed by atoms with Crippen LogP contribution in [-0.2, 0) is 4.79 Å². The molecule has 0 radical (unpaired) electrons. The molecule has 3 unspecified atom stereocenters. The molecule has 0 heterocycles. The molecule has 0 saturated carbocycles. The molecule has 1 aromatic rings. The van der Waals surface area contributed by atoms with Crippen molar-refractivity contribution in [1.82, 2.24) is 5.32 Å². The van der Waals surface area contributed by atoms with E-state index in [1.807, 2.05) is 13.8 Å². The summed E-state index contributed by atoms with van der Waals surface area (Å²) in [6.45, 7) is 7.25. The minimum absolute atomic E-state index is 0.0887. The maximum absolute atomic E-state index is 13.8. The molecular weight excluding hydrogens is 259 g/mol. The van der Waals surface area contributed by atoms with E-state index in [9.17, 15) is 9.18 Å². The lowest BCUT2D eigenvalue weighted by Crippen LogP contribution is -2.41. The van der Waals surface area contributed by atoms with Gasteiger partial charge in [0.25, 0.3) is 5.91 Å². The van der Waals surface area contributed by atoms with E-state index in [0.29, 0.717) is 11.3 Å². The fourth-order valence-corrected chi connectivity index (χ4v) is 1.67. The number of hydrogen-bond acceptors (Lipinski definition) is 3. The van der Waals surface area contributed by atoms with Gasteiger partial charge in [0.1, 0.15) is 11.6 Å². The van der Waals surface area contributed by atoms with E-state index in [2.05, 4.69) is 5.32 Å². The molecular formula is C15H23FN2O2. The molecule has 0 spiro atoms. The summed E-state index contributed by atoms with van der Waals surface area (Å²) in [4.78, 5) is 11.8. The zero-order valence-electron chi connectivity index (χ0n) is 12.4. The molecule has 0 saturated heterocycles. The Hall–Kier alpha value is -1.62. The molecule has 112 valence electrons. The number of nitrogens with one attached hydrogen (secondary N) is 1. The third kappa shape index (κ3) is 4.49. The number of rotatable bonds is 6. The van der Waals surface area contributed by atoms with Gasteiger partial charge in [-0.1, -0.05) is 13.0 Å². The number of benzene rings is 1. The van der Waals surface area contributed by atoms with E-state index in [1.54, 1.807) is 26.0 Å². The van der Waals surface area contributed by atoms with Crippen LogP contribution in [0.5, 0.6) is 5.75 Å². The number of amides is 1. The third-order valence-electron chi connectivity index (χ3n) is 3.15. The van der Waals surface area contributed by atoms with E-state index >= 15 is 0 Å². The van der Waals surface area contributed by atoms with Crippen LogP contribution in [0.2, 0.25) is 0 Å². The van der Waals surface area contributed by atoms with Gasteiger partial charge in [0, 0.05) is 23.7 Å². The van der Waals surface area contributed by atoms with Gasteiger partial charge in [0.05, 0.1) is 0 Å². The van der Waals surface area contributed by atoms with Gasteiger partial charge in [-0.15, -0.1) is 0 Å². The minimum atomic E-state index is -0.676. The van der Waals surface area contributed by atoms with Crippen molar-refractivity contribution in [3.05, 3.63) is 29.6 Å². The molecule has 0 fully saturated rings. The highest BCUT2D eigenvalue weighted by molar-refractivity contribution is 5.80. The second-order valence-corrected chi connectivity index (χ2v) is 5.05. The monoisotopic (exact) mass is 282 g/mol. The van der Waals surface area contributed by atoms with Crippen molar-refractivity contribution in [2.45, 2.75) is 52.3 Å². The van der Waals surface area contributed by atoms with E-state index < -0.39 is 11.9 Å². The van der Waals surface area contributed by atoms with Gasteiger partial charge in [-0.25, -0.2) is 4.39 Å². The Morgan fingerprint density at radius 3 is 2.55 bits per heavy atom. The summed E-state index contributed by atoms with van der Waals surface area (Å²) in [7, 11) is 0. The number of nitrogens with two attached hydrogens (primary N) is 1. The number of carbonyl (C=O) groups is 1. The summed E-state index contributed by atoms with van der Waals surface area (Å²) in [6.07, 6.45) is 0.167. The van der Waals surface area contributed by atoms with Gasteiger partial charge in [-0.2, -0.15) is 0 Å². The first-order valence-corrected chi connectivity index (χ1v) is 6.87. The Kier molecular flexibility index (Phi) is 5.95. The quantitative estimate of drug-likeness (QED) is 0.842. The Balaban J connectivity index is 2.69. The van der Waals surface area contributed by atoms with Crippen LogP contribution in [0, 0.1) is 5.82 Å². The fraction of sp³-hybridized carbons (Fsp3) is 0.533. The SMILES string of the molecule is CCC(C)NC(=O)C(C)Oc1ccc(C(C)N)c(F)c1. The summed E-state index contributed by atoms with van der Waals surface area (Å²) in [5.74, 6) is -0.318. The zero-order valence-corrected chi connectivity index (χ0v) is 12.4. The summed E-state index contributed by atoms with van der Waals surface area (Å²) >= 11 is 0. The lowest BCUT2D eigenvalue weighted by molar-refractivity contribution is -0.127. The Bertz CT molecular complexity index is 463. The highest BCUT2D eigenvalue weighted by atomic mass is 19.1. The van der Waals surface area contributed by atoms with Gasteiger partial charge in [0.15, 0.2) is 6.10 Å². The van der Waals surface area contributed by atoms with Gasteiger partial charge in [-0.05, 0) is 33.3 Å².